The Hall–Kier alpha value is -1.92. The maximum absolute atomic E-state index is 13.1. The summed E-state index contributed by atoms with van der Waals surface area (Å²) in [6.45, 7) is 10.4. The third kappa shape index (κ3) is 3.60. The molecule has 0 aliphatic carbocycles. The Morgan fingerprint density at radius 1 is 1.11 bits per heavy atom. The Balaban J connectivity index is 1.51. The van der Waals surface area contributed by atoms with E-state index in [-0.39, 0.29) is 17.9 Å². The van der Waals surface area contributed by atoms with Crippen molar-refractivity contribution in [2.75, 3.05) is 50.8 Å². The van der Waals surface area contributed by atoms with Crippen molar-refractivity contribution < 1.29 is 14.3 Å². The summed E-state index contributed by atoms with van der Waals surface area (Å²) in [6, 6.07) is 5.66. The number of hydrogen-bond donors (Lipinski definition) is 0. The van der Waals surface area contributed by atoms with E-state index >= 15 is 0 Å². The van der Waals surface area contributed by atoms with Gasteiger partial charge >= 0.3 is 0 Å². The number of rotatable bonds is 5. The van der Waals surface area contributed by atoms with Gasteiger partial charge in [0.15, 0.2) is 0 Å². The molecule has 6 nitrogen and oxygen atoms in total. The van der Waals surface area contributed by atoms with E-state index in [1.54, 1.807) is 6.07 Å². The van der Waals surface area contributed by atoms with E-state index in [1.165, 1.54) is 4.90 Å². The van der Waals surface area contributed by atoms with Crippen LogP contribution >= 0.6 is 0 Å². The van der Waals surface area contributed by atoms with Crippen LogP contribution in [0, 0.1) is 5.92 Å². The number of carbonyl (C=O) groups is 2. The maximum atomic E-state index is 13.1. The summed E-state index contributed by atoms with van der Waals surface area (Å²) in [5.41, 5.74) is 2.03. The minimum absolute atomic E-state index is 0.0183. The molecule has 1 aromatic carbocycles. The first-order valence-electron chi connectivity index (χ1n) is 10.1. The number of fused-ring (bicyclic) bond motifs is 1. The van der Waals surface area contributed by atoms with E-state index in [1.807, 2.05) is 12.1 Å². The van der Waals surface area contributed by atoms with Gasteiger partial charge in [-0.1, -0.05) is 19.9 Å². The third-order valence-corrected chi connectivity index (χ3v) is 5.72. The average Bonchev–Trinajstić information content (AvgIpc) is 3.25. The Morgan fingerprint density at radius 2 is 1.89 bits per heavy atom. The number of imide groups is 1. The van der Waals surface area contributed by atoms with Crippen molar-refractivity contribution in [1.29, 1.82) is 0 Å². The normalized spacial score (nSPS) is 23.6. The van der Waals surface area contributed by atoms with Crippen molar-refractivity contribution >= 4 is 17.5 Å². The molecular formula is C21H29N3O3. The molecule has 0 aromatic heterocycles. The fourth-order valence-electron chi connectivity index (χ4n) is 4.42. The van der Waals surface area contributed by atoms with Crippen molar-refractivity contribution in [2.24, 2.45) is 5.92 Å². The van der Waals surface area contributed by atoms with E-state index in [2.05, 4.69) is 23.6 Å². The average molecular weight is 371 g/mol. The molecule has 0 unspecified atom stereocenters. The summed E-state index contributed by atoms with van der Waals surface area (Å²) >= 11 is 0. The molecule has 3 heterocycles. The minimum atomic E-state index is -0.175. The van der Waals surface area contributed by atoms with Crippen LogP contribution in [0.3, 0.4) is 0 Å². The molecule has 146 valence electrons. The summed E-state index contributed by atoms with van der Waals surface area (Å²) in [4.78, 5) is 32.0. The molecule has 0 spiro atoms. The number of hydrogen-bond acceptors (Lipinski definition) is 5. The van der Waals surface area contributed by atoms with Gasteiger partial charge in [-0.2, -0.15) is 0 Å². The lowest BCUT2D eigenvalue weighted by Crippen LogP contribution is -2.47. The second kappa shape index (κ2) is 7.60. The smallest absolute Gasteiger partial charge is 0.263 e. The fraction of sp³-hybridized carbons (Fsp3) is 0.619. The number of anilines is 1. The summed E-state index contributed by atoms with van der Waals surface area (Å²) in [6.07, 6.45) is 1.90. The van der Waals surface area contributed by atoms with Gasteiger partial charge in [-0.25, -0.2) is 0 Å². The lowest BCUT2D eigenvalue weighted by molar-refractivity contribution is 0.0475. The van der Waals surface area contributed by atoms with E-state index in [4.69, 9.17) is 4.74 Å². The first-order valence-corrected chi connectivity index (χ1v) is 10.1. The van der Waals surface area contributed by atoms with Crippen LogP contribution in [0.5, 0.6) is 0 Å². The van der Waals surface area contributed by atoms with Gasteiger partial charge in [-0.3, -0.25) is 19.4 Å². The summed E-state index contributed by atoms with van der Waals surface area (Å²) in [7, 11) is 0. The van der Waals surface area contributed by atoms with E-state index in [0.29, 0.717) is 23.6 Å². The second-order valence-electron chi connectivity index (χ2n) is 8.24. The number of piperazine rings is 1. The molecule has 1 aromatic rings. The van der Waals surface area contributed by atoms with E-state index in [9.17, 15) is 9.59 Å². The molecule has 27 heavy (non-hydrogen) atoms. The van der Waals surface area contributed by atoms with Crippen molar-refractivity contribution in [3.8, 4) is 0 Å². The monoisotopic (exact) mass is 371 g/mol. The Kier molecular flexibility index (Phi) is 5.19. The molecule has 6 heteroatoms. The molecule has 2 saturated heterocycles. The van der Waals surface area contributed by atoms with Crippen LogP contribution in [0.4, 0.5) is 5.69 Å². The summed E-state index contributed by atoms with van der Waals surface area (Å²) in [5, 5.41) is 0. The third-order valence-electron chi connectivity index (χ3n) is 5.72. The molecule has 0 N–H and O–H groups in total. The van der Waals surface area contributed by atoms with Crippen LogP contribution in [-0.2, 0) is 4.74 Å². The van der Waals surface area contributed by atoms with Crippen LogP contribution in [0.15, 0.2) is 18.2 Å². The molecule has 3 aliphatic rings. The molecule has 0 saturated carbocycles. The lowest BCUT2D eigenvalue weighted by Gasteiger charge is -2.37. The predicted octanol–water partition coefficient (Wildman–Crippen LogP) is 2.24. The van der Waals surface area contributed by atoms with Crippen molar-refractivity contribution in [1.82, 2.24) is 9.80 Å². The molecule has 1 atom stereocenters. The SMILES string of the molecule is CC(C)CN1CCN(c2cccc3c2C(=O)N(C[C@@H]2CCCO2)C3=O)CC1. The zero-order valence-corrected chi connectivity index (χ0v) is 16.3. The largest absolute Gasteiger partial charge is 0.376 e. The Bertz CT molecular complexity index is 719. The van der Waals surface area contributed by atoms with Crippen LogP contribution in [0.2, 0.25) is 0 Å². The first kappa shape index (κ1) is 18.4. The fourth-order valence-corrected chi connectivity index (χ4v) is 4.42. The zero-order valence-electron chi connectivity index (χ0n) is 16.3. The summed E-state index contributed by atoms with van der Waals surface area (Å²) < 4.78 is 5.64. The van der Waals surface area contributed by atoms with Crippen LogP contribution < -0.4 is 4.90 Å². The number of amides is 2. The number of ether oxygens (including phenoxy) is 1. The minimum Gasteiger partial charge on any atom is -0.376 e. The highest BCUT2D eigenvalue weighted by Gasteiger charge is 2.40. The van der Waals surface area contributed by atoms with Crippen LogP contribution in [0.1, 0.15) is 47.4 Å². The summed E-state index contributed by atoms with van der Waals surface area (Å²) in [5.74, 6) is 0.319. The number of carbonyl (C=O) groups excluding carboxylic acids is 2. The van der Waals surface area contributed by atoms with E-state index < -0.39 is 0 Å². The van der Waals surface area contributed by atoms with Gasteiger partial charge in [0.1, 0.15) is 0 Å². The molecule has 4 rings (SSSR count). The Labute approximate surface area is 161 Å². The zero-order chi connectivity index (χ0) is 19.0. The van der Waals surface area contributed by atoms with E-state index in [0.717, 1.165) is 57.9 Å². The van der Waals surface area contributed by atoms with Gasteiger partial charge in [-0.05, 0) is 30.9 Å². The highest BCUT2D eigenvalue weighted by Crippen LogP contribution is 2.33. The van der Waals surface area contributed by atoms with Gasteiger partial charge < -0.3 is 9.64 Å². The van der Waals surface area contributed by atoms with Gasteiger partial charge in [0.2, 0.25) is 0 Å². The number of nitrogens with zero attached hydrogens (tertiary/aromatic N) is 3. The lowest BCUT2D eigenvalue weighted by atomic mass is 10.1. The molecule has 2 amide bonds. The van der Waals surface area contributed by atoms with Gasteiger partial charge in [-0.15, -0.1) is 0 Å². The molecule has 0 bridgehead atoms. The standard InChI is InChI=1S/C21H29N3O3/c1-15(2)13-22-8-10-23(11-9-22)18-7-3-6-17-19(18)21(26)24(20(17)25)14-16-5-4-12-27-16/h3,6-7,15-16H,4-5,8-14H2,1-2H3/t16-/m0/s1. The van der Waals surface area contributed by atoms with Crippen LogP contribution in [-0.4, -0.2) is 73.6 Å². The molecule has 3 aliphatic heterocycles. The molecule has 2 fully saturated rings. The van der Waals surface area contributed by atoms with Gasteiger partial charge in [0.05, 0.1) is 29.5 Å². The second-order valence-corrected chi connectivity index (χ2v) is 8.24. The topological polar surface area (TPSA) is 53.1 Å². The first-order chi connectivity index (χ1) is 13.0. The van der Waals surface area contributed by atoms with Gasteiger partial charge in [0, 0.05) is 39.3 Å². The van der Waals surface area contributed by atoms with Crippen molar-refractivity contribution in [2.45, 2.75) is 32.8 Å². The number of benzene rings is 1. The predicted molar refractivity (Wildman–Crippen MR) is 104 cm³/mol. The molecular weight excluding hydrogens is 342 g/mol. The van der Waals surface area contributed by atoms with Gasteiger partial charge in [0.25, 0.3) is 11.8 Å². The van der Waals surface area contributed by atoms with Crippen molar-refractivity contribution in [3.05, 3.63) is 29.3 Å². The Morgan fingerprint density at radius 3 is 2.56 bits per heavy atom. The maximum Gasteiger partial charge on any atom is 0.263 e. The highest BCUT2D eigenvalue weighted by atomic mass is 16.5. The molecule has 0 radical (unpaired) electrons. The highest BCUT2D eigenvalue weighted by molar-refractivity contribution is 6.23. The van der Waals surface area contributed by atoms with Crippen molar-refractivity contribution in [3.63, 3.8) is 0 Å². The quantitative estimate of drug-likeness (QED) is 0.743. The van der Waals surface area contributed by atoms with Crippen LogP contribution in [0.25, 0.3) is 0 Å².